The summed E-state index contributed by atoms with van der Waals surface area (Å²) >= 11 is 4.16. The van der Waals surface area contributed by atoms with Crippen molar-refractivity contribution in [3.05, 3.63) is 11.5 Å². The first kappa shape index (κ1) is 9.05. The van der Waals surface area contributed by atoms with E-state index in [1.54, 1.807) is 0 Å². The Kier molecular flexibility index (Phi) is 3.30. The first-order valence-electron chi connectivity index (χ1n) is 3.14. The average molecular weight is 145 g/mol. The molecule has 1 nitrogen and oxygen atoms in total. The van der Waals surface area contributed by atoms with Gasteiger partial charge in [-0.3, -0.25) is 0 Å². The lowest BCUT2D eigenvalue weighted by Crippen LogP contribution is -2.39. The molecular weight excluding hydrogens is 130 g/mol. The van der Waals surface area contributed by atoms with Crippen molar-refractivity contribution in [1.82, 2.24) is 5.32 Å². The summed E-state index contributed by atoms with van der Waals surface area (Å²) in [6, 6.07) is 0. The van der Waals surface area contributed by atoms with Crippen LogP contribution < -0.4 is 5.32 Å². The van der Waals surface area contributed by atoms with Crippen LogP contribution in [-0.2, 0) is 0 Å². The molecule has 0 saturated heterocycles. The van der Waals surface area contributed by atoms with Gasteiger partial charge in [-0.2, -0.15) is 0 Å². The van der Waals surface area contributed by atoms with Crippen molar-refractivity contribution in [3.63, 3.8) is 0 Å². The third-order valence-corrected chi connectivity index (χ3v) is 1.90. The molecule has 0 bridgehead atoms. The Morgan fingerprint density at radius 3 is 2.22 bits per heavy atom. The smallest absolute Gasteiger partial charge is 0.0428 e. The minimum Gasteiger partial charge on any atom is -0.308 e. The lowest BCUT2D eigenvalue weighted by Gasteiger charge is -2.24. The SMILES string of the molecule is C=C(S)C(C)(C)NCC. The molecule has 2 heteroatoms. The third-order valence-electron chi connectivity index (χ3n) is 1.34. The summed E-state index contributed by atoms with van der Waals surface area (Å²) in [6.45, 7) is 10.9. The lowest BCUT2D eigenvalue weighted by molar-refractivity contribution is 0.486. The van der Waals surface area contributed by atoms with Gasteiger partial charge in [0.05, 0.1) is 0 Å². The van der Waals surface area contributed by atoms with E-state index < -0.39 is 0 Å². The Hall–Kier alpha value is 0.0500. The Morgan fingerprint density at radius 2 is 2.11 bits per heavy atom. The number of likely N-dealkylation sites (N-methyl/N-ethyl adjacent to an activating group) is 1. The Morgan fingerprint density at radius 1 is 1.67 bits per heavy atom. The maximum absolute atomic E-state index is 4.16. The molecule has 1 N–H and O–H groups in total. The van der Waals surface area contributed by atoms with Crippen LogP contribution >= 0.6 is 12.6 Å². The molecule has 0 aromatic rings. The summed E-state index contributed by atoms with van der Waals surface area (Å²) in [5.41, 5.74) is -0.0299. The van der Waals surface area contributed by atoms with Crippen molar-refractivity contribution < 1.29 is 0 Å². The van der Waals surface area contributed by atoms with Crippen LogP contribution in [0.1, 0.15) is 20.8 Å². The maximum Gasteiger partial charge on any atom is 0.0428 e. The van der Waals surface area contributed by atoms with Crippen LogP contribution in [0.2, 0.25) is 0 Å². The van der Waals surface area contributed by atoms with Crippen LogP contribution in [-0.4, -0.2) is 12.1 Å². The number of hydrogen-bond acceptors (Lipinski definition) is 2. The fourth-order valence-corrected chi connectivity index (χ4v) is 0.623. The van der Waals surface area contributed by atoms with Crippen LogP contribution in [0.3, 0.4) is 0 Å². The predicted octanol–water partition coefficient (Wildman–Crippen LogP) is 1.82. The van der Waals surface area contributed by atoms with E-state index in [1.165, 1.54) is 0 Å². The third kappa shape index (κ3) is 2.92. The number of nitrogens with one attached hydrogen (secondary N) is 1. The predicted molar refractivity (Wildman–Crippen MR) is 45.9 cm³/mol. The zero-order valence-electron chi connectivity index (χ0n) is 6.36. The minimum absolute atomic E-state index is 0.0299. The molecule has 54 valence electrons. The molecule has 0 unspecified atom stereocenters. The first-order valence-corrected chi connectivity index (χ1v) is 3.59. The molecule has 0 aliphatic heterocycles. The van der Waals surface area contributed by atoms with Crippen molar-refractivity contribution in [2.45, 2.75) is 26.3 Å². The second-order valence-corrected chi connectivity index (χ2v) is 3.14. The van der Waals surface area contributed by atoms with E-state index in [-0.39, 0.29) is 5.54 Å². The van der Waals surface area contributed by atoms with Gasteiger partial charge < -0.3 is 5.32 Å². The molecule has 0 aromatic carbocycles. The molecule has 0 aromatic heterocycles. The van der Waals surface area contributed by atoms with Gasteiger partial charge in [-0.05, 0) is 25.3 Å². The zero-order chi connectivity index (χ0) is 7.49. The Balaban J connectivity index is 3.85. The highest BCUT2D eigenvalue weighted by Crippen LogP contribution is 2.15. The largest absolute Gasteiger partial charge is 0.308 e. The van der Waals surface area contributed by atoms with Gasteiger partial charge in [0, 0.05) is 5.54 Å². The highest BCUT2D eigenvalue weighted by molar-refractivity contribution is 7.84. The van der Waals surface area contributed by atoms with E-state index in [9.17, 15) is 0 Å². The van der Waals surface area contributed by atoms with E-state index in [2.05, 4.69) is 45.3 Å². The molecule has 0 aliphatic carbocycles. The van der Waals surface area contributed by atoms with Gasteiger partial charge in [0.25, 0.3) is 0 Å². The fraction of sp³-hybridized carbons (Fsp3) is 0.714. The van der Waals surface area contributed by atoms with Crippen molar-refractivity contribution in [1.29, 1.82) is 0 Å². The second kappa shape index (κ2) is 3.28. The summed E-state index contributed by atoms with van der Waals surface area (Å²) in [5.74, 6) is 0. The van der Waals surface area contributed by atoms with E-state index >= 15 is 0 Å². The molecule has 0 rings (SSSR count). The molecule has 0 atom stereocenters. The van der Waals surface area contributed by atoms with Gasteiger partial charge >= 0.3 is 0 Å². The molecule has 0 amide bonds. The van der Waals surface area contributed by atoms with Crippen molar-refractivity contribution >= 4 is 12.6 Å². The minimum atomic E-state index is -0.0299. The molecule has 0 spiro atoms. The van der Waals surface area contributed by atoms with Crippen LogP contribution in [0.4, 0.5) is 0 Å². The van der Waals surface area contributed by atoms with E-state index in [4.69, 9.17) is 0 Å². The summed E-state index contributed by atoms with van der Waals surface area (Å²) in [7, 11) is 0. The van der Waals surface area contributed by atoms with Crippen molar-refractivity contribution in [2.24, 2.45) is 0 Å². The standard InChI is InChI=1S/C7H15NS/c1-5-8-7(3,4)6(2)9/h8-9H,2,5H2,1,3-4H3. The van der Waals surface area contributed by atoms with Crippen molar-refractivity contribution in [3.8, 4) is 0 Å². The average Bonchev–Trinajstić information content (AvgIpc) is 1.65. The molecule has 0 radical (unpaired) electrons. The molecular formula is C7H15NS. The second-order valence-electron chi connectivity index (χ2n) is 2.60. The summed E-state index contributed by atoms with van der Waals surface area (Å²) in [4.78, 5) is 0.879. The van der Waals surface area contributed by atoms with E-state index in [0.717, 1.165) is 11.4 Å². The molecule has 0 aliphatic rings. The summed E-state index contributed by atoms with van der Waals surface area (Å²) in [6.07, 6.45) is 0. The highest BCUT2D eigenvalue weighted by Gasteiger charge is 2.16. The molecule has 9 heavy (non-hydrogen) atoms. The first-order chi connectivity index (χ1) is 4.00. The molecule has 0 saturated carbocycles. The quantitative estimate of drug-likeness (QED) is 0.577. The van der Waals surface area contributed by atoms with Gasteiger partial charge in [-0.25, -0.2) is 0 Å². The lowest BCUT2D eigenvalue weighted by atomic mass is 10.1. The highest BCUT2D eigenvalue weighted by atomic mass is 32.1. The van der Waals surface area contributed by atoms with Crippen molar-refractivity contribution in [2.75, 3.05) is 6.54 Å². The number of hydrogen-bond donors (Lipinski definition) is 2. The zero-order valence-corrected chi connectivity index (χ0v) is 7.26. The van der Waals surface area contributed by atoms with Crippen LogP contribution in [0.25, 0.3) is 0 Å². The summed E-state index contributed by atoms with van der Waals surface area (Å²) < 4.78 is 0. The number of thiol groups is 1. The van der Waals surface area contributed by atoms with Crippen LogP contribution in [0.5, 0.6) is 0 Å². The maximum atomic E-state index is 4.16. The molecule has 0 fully saturated rings. The van der Waals surface area contributed by atoms with Gasteiger partial charge in [-0.1, -0.05) is 13.5 Å². The molecule has 0 heterocycles. The van der Waals surface area contributed by atoms with E-state index in [0.29, 0.717) is 0 Å². The van der Waals surface area contributed by atoms with Gasteiger partial charge in [0.15, 0.2) is 0 Å². The Bertz CT molecular complexity index is 107. The van der Waals surface area contributed by atoms with E-state index in [1.807, 2.05) is 0 Å². The fourth-order valence-electron chi connectivity index (χ4n) is 0.544. The summed E-state index contributed by atoms with van der Waals surface area (Å²) in [5, 5.41) is 3.25. The topological polar surface area (TPSA) is 12.0 Å². The van der Waals surface area contributed by atoms with Gasteiger partial charge in [0.2, 0.25) is 0 Å². The number of rotatable bonds is 3. The monoisotopic (exact) mass is 145 g/mol. The van der Waals surface area contributed by atoms with Gasteiger partial charge in [0.1, 0.15) is 0 Å². The van der Waals surface area contributed by atoms with Crippen LogP contribution in [0.15, 0.2) is 11.5 Å². The Labute approximate surface area is 62.9 Å². The van der Waals surface area contributed by atoms with Gasteiger partial charge in [-0.15, -0.1) is 12.6 Å². The van der Waals surface area contributed by atoms with Crippen LogP contribution in [0, 0.1) is 0 Å². The normalized spacial score (nSPS) is 11.6.